The molecule has 4 rings (SSSR count). The Labute approximate surface area is 171 Å². The maximum absolute atomic E-state index is 6.20. The number of rotatable bonds is 3. The van der Waals surface area contributed by atoms with E-state index in [1.54, 1.807) is 18.4 Å². The van der Waals surface area contributed by atoms with Gasteiger partial charge in [-0.25, -0.2) is 4.98 Å². The molecule has 0 unspecified atom stereocenters. The number of fused-ring (bicyclic) bond motifs is 1. The highest BCUT2D eigenvalue weighted by molar-refractivity contribution is 7.21. The van der Waals surface area contributed by atoms with Crippen LogP contribution in [-0.2, 0) is 4.74 Å². The summed E-state index contributed by atoms with van der Waals surface area (Å²) in [6.07, 6.45) is 0. The average molecular weight is 394 g/mol. The molecule has 2 aromatic carbocycles. The summed E-state index contributed by atoms with van der Waals surface area (Å²) in [6.45, 7) is 12.0. The van der Waals surface area contributed by atoms with Gasteiger partial charge in [-0.1, -0.05) is 52.8 Å². The fourth-order valence-electron chi connectivity index (χ4n) is 4.28. The van der Waals surface area contributed by atoms with Crippen LogP contribution in [0.25, 0.3) is 26.5 Å². The lowest BCUT2D eigenvalue weighted by atomic mass is 9.71. The summed E-state index contributed by atoms with van der Waals surface area (Å²) in [5.74, 6) is 1.82. The number of para-hydroxylation sites is 1. The Morgan fingerprint density at radius 2 is 1.86 bits per heavy atom. The normalized spacial score (nSPS) is 16.5. The molecule has 2 heterocycles. The molecule has 0 spiro atoms. The Bertz CT molecular complexity index is 1040. The molecular formula is C24H27NO2S. The number of hydrogen-bond donors (Lipinski definition) is 0. The van der Waals surface area contributed by atoms with Crippen molar-refractivity contribution in [3.05, 3.63) is 53.6 Å². The molecule has 0 aliphatic carbocycles. The Balaban J connectivity index is 1.83. The van der Waals surface area contributed by atoms with Gasteiger partial charge in [0.05, 0.1) is 29.5 Å². The summed E-state index contributed by atoms with van der Waals surface area (Å²) < 4.78 is 13.1. The van der Waals surface area contributed by atoms with Gasteiger partial charge in [-0.3, -0.25) is 0 Å². The van der Waals surface area contributed by atoms with E-state index in [2.05, 4.69) is 58.9 Å². The molecule has 4 heteroatoms. The molecule has 3 aromatic rings. The van der Waals surface area contributed by atoms with Gasteiger partial charge < -0.3 is 9.47 Å². The largest absolute Gasteiger partial charge is 0.496 e. The van der Waals surface area contributed by atoms with E-state index in [1.165, 1.54) is 10.3 Å². The van der Waals surface area contributed by atoms with Crippen molar-refractivity contribution in [3.8, 4) is 16.3 Å². The maximum atomic E-state index is 6.20. The second kappa shape index (κ2) is 6.63. The van der Waals surface area contributed by atoms with Gasteiger partial charge >= 0.3 is 0 Å². The fourth-order valence-corrected chi connectivity index (χ4v) is 5.28. The van der Waals surface area contributed by atoms with Gasteiger partial charge in [-0.15, -0.1) is 11.3 Å². The molecular weight excluding hydrogens is 366 g/mol. The van der Waals surface area contributed by atoms with Crippen LogP contribution in [0.2, 0.25) is 0 Å². The lowest BCUT2D eigenvalue weighted by Gasteiger charge is -2.30. The summed E-state index contributed by atoms with van der Waals surface area (Å²) in [5, 5.41) is 0.974. The number of methoxy groups -OCH3 is 1. The first kappa shape index (κ1) is 19.0. The van der Waals surface area contributed by atoms with Crippen LogP contribution in [0.3, 0.4) is 0 Å². The Morgan fingerprint density at radius 1 is 1.11 bits per heavy atom. The van der Waals surface area contributed by atoms with E-state index in [-0.39, 0.29) is 10.8 Å². The maximum Gasteiger partial charge on any atom is 0.129 e. The molecule has 1 aliphatic heterocycles. The van der Waals surface area contributed by atoms with Crippen LogP contribution >= 0.6 is 11.3 Å². The van der Waals surface area contributed by atoms with E-state index in [0.29, 0.717) is 6.61 Å². The van der Waals surface area contributed by atoms with Crippen molar-refractivity contribution in [2.75, 3.05) is 13.7 Å². The number of benzene rings is 2. The van der Waals surface area contributed by atoms with E-state index in [4.69, 9.17) is 14.5 Å². The molecule has 0 N–H and O–H groups in total. The van der Waals surface area contributed by atoms with Crippen LogP contribution in [0.15, 0.2) is 48.0 Å². The van der Waals surface area contributed by atoms with Gasteiger partial charge in [-0.2, -0.15) is 0 Å². The standard InChI is InChI=1S/C24H27NO2S/c1-23(2,3)21-20(27-14-24(21,4)5)15-11-12-16(18(13-15)26-6)22-25-17-9-7-8-10-19(17)28-22/h7-13H,14H2,1-6H3. The van der Waals surface area contributed by atoms with E-state index >= 15 is 0 Å². The molecule has 3 nitrogen and oxygen atoms in total. The third-order valence-corrected chi connectivity index (χ3v) is 6.29. The van der Waals surface area contributed by atoms with Crippen molar-refractivity contribution >= 4 is 27.3 Å². The van der Waals surface area contributed by atoms with Gasteiger partial charge in [0.15, 0.2) is 0 Å². The minimum atomic E-state index is 0.0204. The van der Waals surface area contributed by atoms with Crippen molar-refractivity contribution in [3.63, 3.8) is 0 Å². The molecule has 0 saturated heterocycles. The van der Waals surface area contributed by atoms with Gasteiger partial charge in [0, 0.05) is 11.0 Å². The predicted octanol–water partition coefficient (Wildman–Crippen LogP) is 6.79. The Kier molecular flexibility index (Phi) is 4.50. The first-order chi connectivity index (χ1) is 13.2. The van der Waals surface area contributed by atoms with Crippen LogP contribution in [-0.4, -0.2) is 18.7 Å². The molecule has 0 radical (unpaired) electrons. The second-order valence-electron chi connectivity index (χ2n) is 9.03. The number of hydrogen-bond acceptors (Lipinski definition) is 4. The lowest BCUT2D eigenvalue weighted by molar-refractivity contribution is 0.213. The first-order valence-corrected chi connectivity index (χ1v) is 10.4. The van der Waals surface area contributed by atoms with Crippen molar-refractivity contribution in [2.45, 2.75) is 34.6 Å². The molecule has 0 saturated carbocycles. The zero-order chi connectivity index (χ0) is 20.1. The molecule has 0 bridgehead atoms. The molecule has 146 valence electrons. The fraction of sp³-hybridized carbons (Fsp3) is 0.375. The van der Waals surface area contributed by atoms with Crippen LogP contribution in [0.4, 0.5) is 0 Å². The summed E-state index contributed by atoms with van der Waals surface area (Å²) in [6, 6.07) is 14.5. The summed E-state index contributed by atoms with van der Waals surface area (Å²) >= 11 is 1.69. The highest BCUT2D eigenvalue weighted by Crippen LogP contribution is 2.50. The Hall–Kier alpha value is -2.33. The second-order valence-corrected chi connectivity index (χ2v) is 10.1. The highest BCUT2D eigenvalue weighted by atomic mass is 32.1. The number of aromatic nitrogens is 1. The molecule has 0 fully saturated rings. The zero-order valence-corrected chi connectivity index (χ0v) is 18.2. The number of thiazole rings is 1. The SMILES string of the molecule is COc1cc(C2=C(C(C)(C)C)C(C)(C)CO2)ccc1-c1nc2ccccc2s1. The van der Waals surface area contributed by atoms with Crippen LogP contribution in [0.1, 0.15) is 40.2 Å². The third-order valence-electron chi connectivity index (χ3n) is 5.22. The predicted molar refractivity (Wildman–Crippen MR) is 118 cm³/mol. The number of nitrogens with zero attached hydrogens (tertiary/aromatic N) is 1. The quantitative estimate of drug-likeness (QED) is 0.491. The van der Waals surface area contributed by atoms with E-state index < -0.39 is 0 Å². The Morgan fingerprint density at radius 3 is 2.54 bits per heavy atom. The summed E-state index contributed by atoms with van der Waals surface area (Å²) in [7, 11) is 1.72. The summed E-state index contributed by atoms with van der Waals surface area (Å²) in [5.41, 5.74) is 4.52. The summed E-state index contributed by atoms with van der Waals surface area (Å²) in [4.78, 5) is 4.79. The zero-order valence-electron chi connectivity index (χ0n) is 17.4. The monoisotopic (exact) mass is 393 g/mol. The average Bonchev–Trinajstić information content (AvgIpc) is 3.21. The van der Waals surface area contributed by atoms with Crippen LogP contribution in [0, 0.1) is 10.8 Å². The highest BCUT2D eigenvalue weighted by Gasteiger charge is 2.41. The molecule has 28 heavy (non-hydrogen) atoms. The minimum Gasteiger partial charge on any atom is -0.496 e. The minimum absolute atomic E-state index is 0.0204. The van der Waals surface area contributed by atoms with Crippen molar-refractivity contribution in [1.29, 1.82) is 0 Å². The van der Waals surface area contributed by atoms with Gasteiger partial charge in [0.2, 0.25) is 0 Å². The van der Waals surface area contributed by atoms with Gasteiger partial charge in [-0.05, 0) is 35.3 Å². The van der Waals surface area contributed by atoms with Crippen LogP contribution in [0.5, 0.6) is 5.75 Å². The molecule has 1 aliphatic rings. The van der Waals surface area contributed by atoms with E-state index in [9.17, 15) is 0 Å². The smallest absolute Gasteiger partial charge is 0.129 e. The topological polar surface area (TPSA) is 31.4 Å². The molecule has 0 atom stereocenters. The van der Waals surface area contributed by atoms with Gasteiger partial charge in [0.25, 0.3) is 0 Å². The molecule has 1 aromatic heterocycles. The van der Waals surface area contributed by atoms with Crippen molar-refractivity contribution in [2.24, 2.45) is 10.8 Å². The van der Waals surface area contributed by atoms with Gasteiger partial charge in [0.1, 0.15) is 16.5 Å². The van der Waals surface area contributed by atoms with Crippen molar-refractivity contribution < 1.29 is 9.47 Å². The van der Waals surface area contributed by atoms with Crippen LogP contribution < -0.4 is 4.74 Å². The van der Waals surface area contributed by atoms with Crippen molar-refractivity contribution in [1.82, 2.24) is 4.98 Å². The first-order valence-electron chi connectivity index (χ1n) is 9.63. The lowest BCUT2D eigenvalue weighted by Crippen LogP contribution is -2.24. The number of ether oxygens (including phenoxy) is 2. The van der Waals surface area contributed by atoms with E-state index in [0.717, 1.165) is 33.2 Å². The van der Waals surface area contributed by atoms with E-state index in [1.807, 2.05) is 18.2 Å². The molecule has 0 amide bonds. The third kappa shape index (κ3) is 3.20.